The van der Waals surface area contributed by atoms with Crippen molar-refractivity contribution in [1.29, 1.82) is 0 Å². The number of nitrogens with zero attached hydrogens (tertiary/aromatic N) is 2. The molecule has 1 atom stereocenters. The molecule has 26 heavy (non-hydrogen) atoms. The van der Waals surface area contributed by atoms with E-state index in [1.807, 2.05) is 47.4 Å². The first-order valence-corrected chi connectivity index (χ1v) is 10.8. The molecule has 1 N–H and O–H groups in total. The van der Waals surface area contributed by atoms with E-state index in [-0.39, 0.29) is 17.8 Å². The first kappa shape index (κ1) is 17.3. The summed E-state index contributed by atoms with van der Waals surface area (Å²) >= 11 is 0. The zero-order chi connectivity index (χ0) is 18.1. The van der Waals surface area contributed by atoms with Crippen molar-refractivity contribution in [3.05, 3.63) is 42.5 Å². The van der Waals surface area contributed by atoms with Gasteiger partial charge >= 0.3 is 6.03 Å². The lowest BCUT2D eigenvalue weighted by atomic mass is 10.1. The van der Waals surface area contributed by atoms with Gasteiger partial charge in [0, 0.05) is 37.6 Å². The summed E-state index contributed by atoms with van der Waals surface area (Å²) in [6, 6.07) is 13.9. The van der Waals surface area contributed by atoms with Gasteiger partial charge in [-0.2, -0.15) is 0 Å². The van der Waals surface area contributed by atoms with Crippen LogP contribution in [-0.2, 0) is 9.84 Å². The smallest absolute Gasteiger partial charge is 0.321 e. The number of benzene rings is 2. The Hall–Kier alpha value is -2.12. The summed E-state index contributed by atoms with van der Waals surface area (Å²) < 4.78 is 23.3. The molecule has 4 rings (SSSR count). The Morgan fingerprint density at radius 2 is 1.73 bits per heavy atom. The van der Waals surface area contributed by atoms with Gasteiger partial charge in [0.05, 0.1) is 17.2 Å². The fraction of sp³-hybridized carbons (Fsp3) is 0.421. The number of sulfone groups is 1. The summed E-state index contributed by atoms with van der Waals surface area (Å²) in [4.78, 5) is 16.7. The van der Waals surface area contributed by atoms with Crippen LogP contribution in [0.3, 0.4) is 0 Å². The molecule has 138 valence electrons. The zero-order valence-electron chi connectivity index (χ0n) is 14.6. The predicted molar refractivity (Wildman–Crippen MR) is 103 cm³/mol. The summed E-state index contributed by atoms with van der Waals surface area (Å²) in [6.45, 7) is 2.69. The van der Waals surface area contributed by atoms with Crippen molar-refractivity contribution in [3.63, 3.8) is 0 Å². The van der Waals surface area contributed by atoms with E-state index in [4.69, 9.17) is 0 Å². The number of nitrogens with one attached hydrogen (secondary N) is 1. The Bertz CT molecular complexity index is 915. The van der Waals surface area contributed by atoms with Gasteiger partial charge in [-0.25, -0.2) is 13.2 Å². The molecular weight excluding hydrogens is 350 g/mol. The van der Waals surface area contributed by atoms with E-state index < -0.39 is 9.84 Å². The molecule has 6 nitrogen and oxygen atoms in total. The lowest BCUT2D eigenvalue weighted by Gasteiger charge is -2.37. The van der Waals surface area contributed by atoms with E-state index in [1.54, 1.807) is 0 Å². The Kier molecular flexibility index (Phi) is 4.58. The third-order valence-corrected chi connectivity index (χ3v) is 7.11. The Balaban J connectivity index is 1.38. The molecule has 0 radical (unpaired) electrons. The van der Waals surface area contributed by atoms with Gasteiger partial charge in [-0.15, -0.1) is 0 Å². The molecule has 2 amide bonds. The van der Waals surface area contributed by atoms with Crippen LogP contribution >= 0.6 is 0 Å². The van der Waals surface area contributed by atoms with Crippen LogP contribution in [0, 0.1) is 0 Å². The fourth-order valence-corrected chi connectivity index (χ4v) is 5.64. The minimum Gasteiger partial charge on any atom is -0.322 e. The third kappa shape index (κ3) is 3.54. The second-order valence-corrected chi connectivity index (χ2v) is 9.27. The minimum atomic E-state index is -2.87. The van der Waals surface area contributed by atoms with E-state index in [2.05, 4.69) is 10.2 Å². The standard InChI is InChI=1S/C19H23N3O3S/c23-19(20-18-7-3-5-15-4-1-2-6-17(15)18)22-11-9-21(10-12-22)16-8-13-26(24,25)14-16/h1-7,16H,8-14H2,(H,20,23). The van der Waals surface area contributed by atoms with Crippen molar-refractivity contribution < 1.29 is 13.2 Å². The molecule has 2 aliphatic rings. The molecule has 2 saturated heterocycles. The maximum Gasteiger partial charge on any atom is 0.321 e. The van der Waals surface area contributed by atoms with Crippen molar-refractivity contribution in [2.75, 3.05) is 43.0 Å². The fourth-order valence-electron chi connectivity index (χ4n) is 3.88. The number of urea groups is 1. The van der Waals surface area contributed by atoms with E-state index in [0.29, 0.717) is 25.3 Å². The monoisotopic (exact) mass is 373 g/mol. The highest BCUT2D eigenvalue weighted by Crippen LogP contribution is 2.24. The van der Waals surface area contributed by atoms with Crippen LogP contribution in [-0.4, -0.2) is 68.0 Å². The number of hydrogen-bond donors (Lipinski definition) is 1. The van der Waals surface area contributed by atoms with Crippen LogP contribution < -0.4 is 5.32 Å². The molecule has 0 saturated carbocycles. The molecule has 1 unspecified atom stereocenters. The normalized spacial score (nSPS) is 23.2. The van der Waals surface area contributed by atoms with Gasteiger partial charge < -0.3 is 10.2 Å². The van der Waals surface area contributed by atoms with Crippen LogP contribution in [0.25, 0.3) is 10.8 Å². The van der Waals surface area contributed by atoms with Crippen molar-refractivity contribution in [1.82, 2.24) is 9.80 Å². The summed E-state index contributed by atoms with van der Waals surface area (Å²) in [5, 5.41) is 5.15. The molecule has 0 spiro atoms. The number of carbonyl (C=O) groups is 1. The number of rotatable bonds is 2. The van der Waals surface area contributed by atoms with Crippen molar-refractivity contribution in [2.24, 2.45) is 0 Å². The number of carbonyl (C=O) groups excluding carboxylic acids is 1. The van der Waals surface area contributed by atoms with Gasteiger partial charge in [0.1, 0.15) is 0 Å². The van der Waals surface area contributed by atoms with Gasteiger partial charge in [-0.1, -0.05) is 36.4 Å². The van der Waals surface area contributed by atoms with Gasteiger partial charge in [0.25, 0.3) is 0 Å². The second-order valence-electron chi connectivity index (χ2n) is 7.04. The summed E-state index contributed by atoms with van der Waals surface area (Å²) in [6.07, 6.45) is 0.713. The predicted octanol–water partition coefficient (Wildman–Crippen LogP) is 2.18. The number of anilines is 1. The van der Waals surface area contributed by atoms with Crippen LogP contribution in [0.5, 0.6) is 0 Å². The highest BCUT2D eigenvalue weighted by molar-refractivity contribution is 7.91. The molecule has 2 aromatic rings. The average molecular weight is 373 g/mol. The zero-order valence-corrected chi connectivity index (χ0v) is 15.4. The summed E-state index contributed by atoms with van der Waals surface area (Å²) in [7, 11) is -2.87. The lowest BCUT2D eigenvalue weighted by molar-refractivity contribution is 0.121. The van der Waals surface area contributed by atoms with Gasteiger partial charge in [-0.3, -0.25) is 4.90 Å². The number of fused-ring (bicyclic) bond motifs is 1. The van der Waals surface area contributed by atoms with E-state index >= 15 is 0 Å². The van der Waals surface area contributed by atoms with Crippen LogP contribution in [0.4, 0.5) is 10.5 Å². The molecule has 2 aromatic carbocycles. The van der Waals surface area contributed by atoms with Gasteiger partial charge in [0.15, 0.2) is 9.84 Å². The molecule has 2 heterocycles. The number of amides is 2. The Labute approximate surface area is 153 Å². The summed E-state index contributed by atoms with van der Waals surface area (Å²) in [5.74, 6) is 0.550. The highest BCUT2D eigenvalue weighted by Gasteiger charge is 2.34. The number of hydrogen-bond acceptors (Lipinski definition) is 4. The van der Waals surface area contributed by atoms with Gasteiger partial charge in [-0.05, 0) is 17.9 Å². The van der Waals surface area contributed by atoms with Gasteiger partial charge in [0.2, 0.25) is 0 Å². The quantitative estimate of drug-likeness (QED) is 0.876. The first-order valence-electron chi connectivity index (χ1n) is 9.00. The van der Waals surface area contributed by atoms with Crippen molar-refractivity contribution in [2.45, 2.75) is 12.5 Å². The molecule has 0 aliphatic carbocycles. The topological polar surface area (TPSA) is 69.7 Å². The molecule has 0 bridgehead atoms. The highest BCUT2D eigenvalue weighted by atomic mass is 32.2. The molecule has 2 fully saturated rings. The lowest BCUT2D eigenvalue weighted by Crippen LogP contribution is -2.53. The van der Waals surface area contributed by atoms with Crippen molar-refractivity contribution >= 4 is 32.3 Å². The van der Waals surface area contributed by atoms with E-state index in [1.165, 1.54) is 0 Å². The van der Waals surface area contributed by atoms with E-state index in [9.17, 15) is 13.2 Å². The van der Waals surface area contributed by atoms with Crippen LogP contribution in [0.2, 0.25) is 0 Å². The van der Waals surface area contributed by atoms with Crippen LogP contribution in [0.15, 0.2) is 42.5 Å². The maximum atomic E-state index is 12.6. The number of piperazine rings is 1. The maximum absolute atomic E-state index is 12.6. The molecule has 0 aromatic heterocycles. The second kappa shape index (κ2) is 6.89. The molecular formula is C19H23N3O3S. The molecule has 2 aliphatic heterocycles. The Morgan fingerprint density at radius 3 is 2.46 bits per heavy atom. The third-order valence-electron chi connectivity index (χ3n) is 5.36. The first-order chi connectivity index (χ1) is 12.5. The minimum absolute atomic E-state index is 0.0972. The largest absolute Gasteiger partial charge is 0.322 e. The van der Waals surface area contributed by atoms with Crippen LogP contribution in [0.1, 0.15) is 6.42 Å². The summed E-state index contributed by atoms with van der Waals surface area (Å²) in [5.41, 5.74) is 0.817. The van der Waals surface area contributed by atoms with E-state index in [0.717, 1.165) is 29.5 Å². The SMILES string of the molecule is O=C(Nc1cccc2ccccc12)N1CCN(C2CCS(=O)(=O)C2)CC1. The van der Waals surface area contributed by atoms with Crippen molar-refractivity contribution in [3.8, 4) is 0 Å². The average Bonchev–Trinajstić information content (AvgIpc) is 3.02. The molecule has 7 heteroatoms. The Morgan fingerprint density at radius 1 is 1.00 bits per heavy atom.